The lowest BCUT2D eigenvalue weighted by Crippen LogP contribution is -1.97. The predicted octanol–water partition coefficient (Wildman–Crippen LogP) is 2.55. The lowest BCUT2D eigenvalue weighted by molar-refractivity contribution is 0.656. The average Bonchev–Trinajstić information content (AvgIpc) is 2.02. The number of unbranched alkanes of at least 4 members (excludes halogenated alkanes) is 4. The Kier molecular flexibility index (Phi) is 8.27. The van der Waals surface area contributed by atoms with Crippen LogP contribution in [0.5, 0.6) is 0 Å². The van der Waals surface area contributed by atoms with E-state index in [1.807, 2.05) is 0 Å². The second-order valence-electron chi connectivity index (χ2n) is 3.43. The van der Waals surface area contributed by atoms with Gasteiger partial charge in [-0.15, -0.1) is 11.8 Å². The summed E-state index contributed by atoms with van der Waals surface area (Å²) < 4.78 is 0. The average molecular weight is 167 g/mol. The second kappa shape index (κ2) is 8.62. The van der Waals surface area contributed by atoms with Gasteiger partial charge >= 0.3 is 0 Å². The van der Waals surface area contributed by atoms with Crippen LogP contribution in [0.25, 0.3) is 0 Å². The van der Waals surface area contributed by atoms with Crippen LogP contribution < -0.4 is 5.73 Å². The molecule has 0 unspecified atom stereocenters. The summed E-state index contributed by atoms with van der Waals surface area (Å²) in [4.78, 5) is 0. The van der Waals surface area contributed by atoms with Gasteiger partial charge in [-0.3, -0.25) is 0 Å². The lowest BCUT2D eigenvalue weighted by Gasteiger charge is -1.94. The first-order valence-electron chi connectivity index (χ1n) is 4.96. The highest BCUT2D eigenvalue weighted by Gasteiger charge is 1.86. The summed E-state index contributed by atoms with van der Waals surface area (Å²) in [6.45, 7) is 5.08. The Labute approximate surface area is 76.7 Å². The maximum atomic E-state index is 5.38. The van der Waals surface area contributed by atoms with Gasteiger partial charge in [0.25, 0.3) is 0 Å². The van der Waals surface area contributed by atoms with Gasteiger partial charge in [-0.05, 0) is 19.4 Å². The predicted molar refractivity (Wildman–Crippen MR) is 54.8 cm³/mol. The van der Waals surface area contributed by atoms with Gasteiger partial charge in [0.05, 0.1) is 0 Å². The van der Waals surface area contributed by atoms with Crippen LogP contribution in [0.2, 0.25) is 0 Å². The normalized spacial score (nSPS) is 9.67. The summed E-state index contributed by atoms with van der Waals surface area (Å²) in [6.07, 6.45) is 6.00. The third kappa shape index (κ3) is 9.52. The number of hydrogen-bond acceptors (Lipinski definition) is 1. The monoisotopic (exact) mass is 167 g/mol. The fourth-order valence-electron chi connectivity index (χ4n) is 0.988. The summed E-state index contributed by atoms with van der Waals surface area (Å²) in [7, 11) is 0. The van der Waals surface area contributed by atoms with Crippen LogP contribution in [0.1, 0.15) is 46.0 Å². The van der Waals surface area contributed by atoms with E-state index in [2.05, 4.69) is 25.7 Å². The van der Waals surface area contributed by atoms with Gasteiger partial charge in [0.15, 0.2) is 0 Å². The molecule has 2 N–H and O–H groups in total. The number of nitrogens with two attached hydrogens (primary N) is 1. The Morgan fingerprint density at radius 1 is 1.08 bits per heavy atom. The molecule has 0 aliphatic rings. The largest absolute Gasteiger partial charge is 0.330 e. The molecule has 0 aliphatic carbocycles. The van der Waals surface area contributed by atoms with E-state index in [4.69, 9.17) is 5.73 Å². The molecule has 0 heterocycles. The zero-order valence-corrected chi connectivity index (χ0v) is 8.40. The van der Waals surface area contributed by atoms with Crippen molar-refractivity contribution in [2.45, 2.75) is 46.0 Å². The molecule has 0 aliphatic heterocycles. The van der Waals surface area contributed by atoms with E-state index in [-0.39, 0.29) is 0 Å². The van der Waals surface area contributed by atoms with Crippen molar-refractivity contribution in [2.24, 2.45) is 11.7 Å². The molecule has 0 rings (SSSR count). The van der Waals surface area contributed by atoms with Gasteiger partial charge in [-0.25, -0.2) is 0 Å². The molecule has 0 saturated heterocycles. The fourth-order valence-corrected chi connectivity index (χ4v) is 0.988. The highest BCUT2D eigenvalue weighted by Crippen LogP contribution is 2.01. The molecule has 1 nitrogen and oxygen atoms in total. The molecule has 0 saturated carbocycles. The second-order valence-corrected chi connectivity index (χ2v) is 3.43. The molecule has 0 aromatic rings. The van der Waals surface area contributed by atoms with Gasteiger partial charge in [0.1, 0.15) is 0 Å². The van der Waals surface area contributed by atoms with Crippen molar-refractivity contribution >= 4 is 0 Å². The Bertz CT molecular complexity index is 139. The summed E-state index contributed by atoms with van der Waals surface area (Å²) in [6, 6.07) is 0. The molecule has 1 heteroatoms. The molecule has 0 bridgehead atoms. The van der Waals surface area contributed by atoms with Crippen molar-refractivity contribution in [3.63, 3.8) is 0 Å². The standard InChI is InChI=1S/C11H21N/c1-11(2)9-7-5-3-4-6-8-10-12/h11H,3-6,8,10,12H2,1-2H3. The van der Waals surface area contributed by atoms with E-state index in [1.54, 1.807) is 0 Å². The van der Waals surface area contributed by atoms with Gasteiger partial charge in [0, 0.05) is 12.3 Å². The van der Waals surface area contributed by atoms with E-state index >= 15 is 0 Å². The SMILES string of the molecule is CC(C)C#CCCCCCCN. The molecule has 0 aromatic heterocycles. The van der Waals surface area contributed by atoms with Crippen molar-refractivity contribution in [1.82, 2.24) is 0 Å². The van der Waals surface area contributed by atoms with Gasteiger partial charge in [-0.2, -0.15) is 0 Å². The third-order valence-corrected chi connectivity index (χ3v) is 1.65. The summed E-state index contributed by atoms with van der Waals surface area (Å²) >= 11 is 0. The minimum Gasteiger partial charge on any atom is -0.330 e. The van der Waals surface area contributed by atoms with Gasteiger partial charge in [-0.1, -0.05) is 26.7 Å². The molecular weight excluding hydrogens is 146 g/mol. The van der Waals surface area contributed by atoms with Crippen molar-refractivity contribution in [3.05, 3.63) is 0 Å². The summed E-state index contributed by atoms with van der Waals surface area (Å²) in [5.74, 6) is 6.86. The number of hydrogen-bond donors (Lipinski definition) is 1. The van der Waals surface area contributed by atoms with Crippen LogP contribution in [0, 0.1) is 17.8 Å². The first kappa shape index (κ1) is 11.5. The zero-order valence-electron chi connectivity index (χ0n) is 8.40. The third-order valence-electron chi connectivity index (χ3n) is 1.65. The van der Waals surface area contributed by atoms with Crippen LogP contribution >= 0.6 is 0 Å². The first-order valence-corrected chi connectivity index (χ1v) is 4.96. The van der Waals surface area contributed by atoms with Crippen molar-refractivity contribution in [3.8, 4) is 11.8 Å². The van der Waals surface area contributed by atoms with E-state index in [0.717, 1.165) is 19.4 Å². The van der Waals surface area contributed by atoms with Crippen LogP contribution in [0.15, 0.2) is 0 Å². The lowest BCUT2D eigenvalue weighted by atomic mass is 10.1. The molecule has 0 amide bonds. The highest BCUT2D eigenvalue weighted by atomic mass is 14.5. The highest BCUT2D eigenvalue weighted by molar-refractivity contribution is 5.00. The first-order chi connectivity index (χ1) is 5.77. The van der Waals surface area contributed by atoms with Crippen molar-refractivity contribution in [1.29, 1.82) is 0 Å². The maximum Gasteiger partial charge on any atom is 0.0146 e. The Morgan fingerprint density at radius 2 is 1.75 bits per heavy atom. The van der Waals surface area contributed by atoms with Gasteiger partial charge in [0.2, 0.25) is 0 Å². The number of rotatable bonds is 5. The quantitative estimate of drug-likeness (QED) is 0.494. The van der Waals surface area contributed by atoms with Crippen LogP contribution in [0.4, 0.5) is 0 Å². The molecule has 70 valence electrons. The van der Waals surface area contributed by atoms with E-state index in [1.165, 1.54) is 19.3 Å². The van der Waals surface area contributed by atoms with E-state index in [0.29, 0.717) is 5.92 Å². The van der Waals surface area contributed by atoms with Crippen molar-refractivity contribution < 1.29 is 0 Å². The molecule has 0 fully saturated rings. The van der Waals surface area contributed by atoms with Crippen LogP contribution in [-0.2, 0) is 0 Å². The molecule has 0 aromatic carbocycles. The fraction of sp³-hybridized carbons (Fsp3) is 0.818. The molecule has 12 heavy (non-hydrogen) atoms. The molecule has 0 atom stereocenters. The molecule has 0 radical (unpaired) electrons. The van der Waals surface area contributed by atoms with Gasteiger partial charge < -0.3 is 5.73 Å². The molecular formula is C11H21N. The minimum absolute atomic E-state index is 0.522. The minimum atomic E-state index is 0.522. The van der Waals surface area contributed by atoms with E-state index < -0.39 is 0 Å². The summed E-state index contributed by atoms with van der Waals surface area (Å²) in [5, 5.41) is 0. The zero-order chi connectivity index (χ0) is 9.23. The Hall–Kier alpha value is -0.480. The van der Waals surface area contributed by atoms with Crippen molar-refractivity contribution in [2.75, 3.05) is 6.54 Å². The topological polar surface area (TPSA) is 26.0 Å². The van der Waals surface area contributed by atoms with Crippen LogP contribution in [0.3, 0.4) is 0 Å². The summed E-state index contributed by atoms with van der Waals surface area (Å²) in [5.41, 5.74) is 5.38. The Morgan fingerprint density at radius 3 is 2.33 bits per heavy atom. The molecule has 0 spiro atoms. The van der Waals surface area contributed by atoms with Crippen LogP contribution in [-0.4, -0.2) is 6.54 Å². The smallest absolute Gasteiger partial charge is 0.0146 e. The maximum absolute atomic E-state index is 5.38. The Balaban J connectivity index is 3.07. The van der Waals surface area contributed by atoms with E-state index in [9.17, 15) is 0 Å².